The van der Waals surface area contributed by atoms with Gasteiger partial charge in [-0.1, -0.05) is 36.4 Å². The molecule has 5 heteroatoms. The summed E-state index contributed by atoms with van der Waals surface area (Å²) >= 11 is 0. The summed E-state index contributed by atoms with van der Waals surface area (Å²) in [6.07, 6.45) is 1.18. The van der Waals surface area contributed by atoms with Gasteiger partial charge in [-0.3, -0.25) is 14.7 Å². The van der Waals surface area contributed by atoms with Gasteiger partial charge in [0, 0.05) is 5.39 Å². The summed E-state index contributed by atoms with van der Waals surface area (Å²) in [5.41, 5.74) is 2.59. The Balaban J connectivity index is 1.72. The smallest absolute Gasteiger partial charge is 0.306 e. The van der Waals surface area contributed by atoms with E-state index in [0.717, 1.165) is 22.2 Å². The first-order chi connectivity index (χ1) is 13.1. The normalized spacial score (nSPS) is 17.1. The van der Waals surface area contributed by atoms with Crippen molar-refractivity contribution in [3.8, 4) is 0 Å². The summed E-state index contributed by atoms with van der Waals surface area (Å²) < 4.78 is 13.9. The van der Waals surface area contributed by atoms with Gasteiger partial charge in [0.2, 0.25) is 0 Å². The van der Waals surface area contributed by atoms with Crippen molar-refractivity contribution in [3.05, 3.63) is 77.7 Å². The molecule has 1 atom stereocenters. The number of halogens is 1. The largest absolute Gasteiger partial charge is 0.481 e. The SMILES string of the molecule is O=C(O)C1CCN(C(c2cccc(F)c2)c2ccc3ccccc3n2)CC1. The zero-order valence-corrected chi connectivity index (χ0v) is 14.9. The molecule has 0 radical (unpaired) electrons. The number of carboxylic acid groups (broad SMARTS) is 1. The molecule has 1 aromatic heterocycles. The van der Waals surface area contributed by atoms with Crippen LogP contribution in [0.5, 0.6) is 0 Å². The molecule has 138 valence electrons. The topological polar surface area (TPSA) is 53.4 Å². The van der Waals surface area contributed by atoms with Gasteiger partial charge in [-0.2, -0.15) is 0 Å². The second-order valence-electron chi connectivity index (χ2n) is 7.03. The number of likely N-dealkylation sites (tertiary alicyclic amines) is 1. The number of pyridine rings is 1. The Hall–Kier alpha value is -2.79. The van der Waals surface area contributed by atoms with Gasteiger partial charge in [-0.25, -0.2) is 4.39 Å². The average molecular weight is 364 g/mol. The van der Waals surface area contributed by atoms with Gasteiger partial charge in [-0.05, 0) is 55.8 Å². The van der Waals surface area contributed by atoms with Crippen molar-refractivity contribution in [2.24, 2.45) is 5.92 Å². The van der Waals surface area contributed by atoms with Gasteiger partial charge in [0.15, 0.2) is 0 Å². The summed E-state index contributed by atoms with van der Waals surface area (Å²) in [5.74, 6) is -1.32. The number of nitrogens with zero attached hydrogens (tertiary/aromatic N) is 2. The molecule has 1 aliphatic rings. The molecule has 0 saturated carbocycles. The van der Waals surface area contributed by atoms with Crippen molar-refractivity contribution >= 4 is 16.9 Å². The predicted molar refractivity (Wildman–Crippen MR) is 102 cm³/mol. The molecule has 2 aromatic carbocycles. The maximum absolute atomic E-state index is 13.9. The van der Waals surface area contributed by atoms with E-state index >= 15 is 0 Å². The minimum absolute atomic E-state index is 0.194. The highest BCUT2D eigenvalue weighted by Gasteiger charge is 2.31. The molecule has 1 aliphatic heterocycles. The maximum atomic E-state index is 13.9. The third kappa shape index (κ3) is 3.69. The fourth-order valence-corrected chi connectivity index (χ4v) is 3.88. The predicted octanol–water partition coefficient (Wildman–Crippen LogP) is 4.26. The van der Waals surface area contributed by atoms with Crippen LogP contribution in [0.2, 0.25) is 0 Å². The van der Waals surface area contributed by atoms with Crippen molar-refractivity contribution in [3.63, 3.8) is 0 Å². The molecule has 2 heterocycles. The Kier molecular flexibility index (Phi) is 4.86. The van der Waals surface area contributed by atoms with Crippen LogP contribution in [-0.2, 0) is 4.79 Å². The Bertz CT molecular complexity index is 967. The molecule has 0 bridgehead atoms. The zero-order valence-electron chi connectivity index (χ0n) is 14.9. The number of aromatic nitrogens is 1. The van der Waals surface area contributed by atoms with Crippen LogP contribution in [0.3, 0.4) is 0 Å². The second kappa shape index (κ2) is 7.45. The first-order valence-corrected chi connectivity index (χ1v) is 9.20. The van der Waals surface area contributed by atoms with Crippen molar-refractivity contribution in [2.45, 2.75) is 18.9 Å². The van der Waals surface area contributed by atoms with Crippen LogP contribution < -0.4 is 0 Å². The summed E-state index contributed by atoms with van der Waals surface area (Å²) in [7, 11) is 0. The van der Waals surface area contributed by atoms with Crippen LogP contribution >= 0.6 is 0 Å². The summed E-state index contributed by atoms with van der Waals surface area (Å²) in [4.78, 5) is 18.3. The van der Waals surface area contributed by atoms with E-state index in [9.17, 15) is 14.3 Å². The number of fused-ring (bicyclic) bond motifs is 1. The molecular formula is C22H21FN2O2. The number of para-hydroxylation sites is 1. The summed E-state index contributed by atoms with van der Waals surface area (Å²) in [6, 6.07) is 18.3. The first kappa shape index (κ1) is 17.6. The first-order valence-electron chi connectivity index (χ1n) is 9.20. The molecular weight excluding hydrogens is 343 g/mol. The Morgan fingerprint density at radius 2 is 1.85 bits per heavy atom. The second-order valence-corrected chi connectivity index (χ2v) is 7.03. The monoisotopic (exact) mass is 364 g/mol. The highest BCUT2D eigenvalue weighted by atomic mass is 19.1. The molecule has 1 unspecified atom stereocenters. The number of hydrogen-bond donors (Lipinski definition) is 1. The number of benzene rings is 2. The molecule has 0 aliphatic carbocycles. The van der Waals surface area contributed by atoms with Crippen molar-refractivity contribution < 1.29 is 14.3 Å². The lowest BCUT2D eigenvalue weighted by molar-refractivity contribution is -0.143. The molecule has 1 N–H and O–H groups in total. The van der Waals surface area contributed by atoms with Gasteiger partial charge in [0.1, 0.15) is 5.82 Å². The lowest BCUT2D eigenvalue weighted by Gasteiger charge is -2.36. The Morgan fingerprint density at radius 3 is 2.59 bits per heavy atom. The van der Waals surface area contributed by atoms with Gasteiger partial charge in [0.25, 0.3) is 0 Å². The van der Waals surface area contributed by atoms with Crippen molar-refractivity contribution in [2.75, 3.05) is 13.1 Å². The molecule has 4 rings (SSSR count). The third-order valence-electron chi connectivity index (χ3n) is 5.31. The quantitative estimate of drug-likeness (QED) is 0.752. The van der Waals surface area contributed by atoms with Gasteiger partial charge in [-0.15, -0.1) is 0 Å². The zero-order chi connectivity index (χ0) is 18.8. The summed E-state index contributed by atoms with van der Waals surface area (Å²) in [6.45, 7) is 1.29. The molecule has 0 spiro atoms. The number of hydrogen-bond acceptors (Lipinski definition) is 3. The van der Waals surface area contributed by atoms with E-state index in [1.54, 1.807) is 12.1 Å². The molecule has 27 heavy (non-hydrogen) atoms. The molecule has 1 fully saturated rings. The van der Waals surface area contributed by atoms with Gasteiger partial charge >= 0.3 is 5.97 Å². The molecule has 4 nitrogen and oxygen atoms in total. The lowest BCUT2D eigenvalue weighted by atomic mass is 9.93. The number of aliphatic carboxylic acids is 1. The highest BCUT2D eigenvalue weighted by Crippen LogP contribution is 2.32. The molecule has 0 amide bonds. The maximum Gasteiger partial charge on any atom is 0.306 e. The molecule has 1 saturated heterocycles. The summed E-state index contributed by atoms with van der Waals surface area (Å²) in [5, 5.41) is 10.3. The number of carbonyl (C=O) groups is 1. The fraction of sp³-hybridized carbons (Fsp3) is 0.273. The minimum atomic E-state index is -0.735. The van der Waals surface area contributed by atoms with E-state index in [4.69, 9.17) is 4.98 Å². The lowest BCUT2D eigenvalue weighted by Crippen LogP contribution is -2.39. The number of piperidine rings is 1. The molecule has 3 aromatic rings. The van der Waals surface area contributed by atoms with Crippen LogP contribution in [0.15, 0.2) is 60.7 Å². The van der Waals surface area contributed by atoms with E-state index in [2.05, 4.69) is 4.90 Å². The van der Waals surface area contributed by atoms with Crippen LogP contribution in [0.25, 0.3) is 10.9 Å². The van der Waals surface area contributed by atoms with Crippen LogP contribution in [-0.4, -0.2) is 34.0 Å². The van der Waals surface area contributed by atoms with E-state index in [-0.39, 0.29) is 17.8 Å². The van der Waals surface area contributed by atoms with Gasteiger partial charge < -0.3 is 5.11 Å². The van der Waals surface area contributed by atoms with Crippen molar-refractivity contribution in [1.82, 2.24) is 9.88 Å². The van der Waals surface area contributed by atoms with E-state index in [1.807, 2.05) is 42.5 Å². The van der Waals surface area contributed by atoms with E-state index < -0.39 is 5.97 Å². The van der Waals surface area contributed by atoms with Crippen molar-refractivity contribution in [1.29, 1.82) is 0 Å². The minimum Gasteiger partial charge on any atom is -0.481 e. The highest BCUT2D eigenvalue weighted by molar-refractivity contribution is 5.78. The average Bonchev–Trinajstić information content (AvgIpc) is 2.68. The fourth-order valence-electron chi connectivity index (χ4n) is 3.88. The third-order valence-corrected chi connectivity index (χ3v) is 5.31. The Morgan fingerprint density at radius 1 is 1.07 bits per heavy atom. The van der Waals surface area contributed by atoms with Crippen LogP contribution in [0.1, 0.15) is 30.1 Å². The van der Waals surface area contributed by atoms with Gasteiger partial charge in [0.05, 0.1) is 23.2 Å². The number of rotatable bonds is 4. The van der Waals surface area contributed by atoms with Crippen LogP contribution in [0, 0.1) is 11.7 Å². The van der Waals surface area contributed by atoms with E-state index in [0.29, 0.717) is 25.9 Å². The standard InChI is InChI=1S/C22H21FN2O2/c23-18-6-3-5-17(14-18)21(25-12-10-16(11-13-25)22(26)27)20-9-8-15-4-1-2-7-19(15)24-20/h1-9,14,16,21H,10-13H2,(H,26,27). The van der Waals surface area contributed by atoms with E-state index in [1.165, 1.54) is 6.07 Å². The number of carboxylic acids is 1. The Labute approximate surface area is 157 Å². The van der Waals surface area contributed by atoms with Crippen LogP contribution in [0.4, 0.5) is 4.39 Å².